The van der Waals surface area contributed by atoms with Gasteiger partial charge in [0.1, 0.15) is 0 Å². The second kappa shape index (κ2) is 7.81. The summed E-state index contributed by atoms with van der Waals surface area (Å²) in [4.78, 5) is 0. The van der Waals surface area contributed by atoms with E-state index in [0.717, 1.165) is 12.8 Å². The van der Waals surface area contributed by atoms with E-state index in [4.69, 9.17) is 5.73 Å². The standard InChI is InChI=1S/C12H21N/c1-4-6-8-12(7-5-2)10-9-11(3)13/h6-11H,4-5,13H2,1-3H3/b8-6-,10-9+,12-7+. The fourth-order valence-corrected chi connectivity index (χ4v) is 0.944. The van der Waals surface area contributed by atoms with Crippen molar-refractivity contribution in [3.8, 4) is 0 Å². The Hall–Kier alpha value is -0.820. The second-order valence-electron chi connectivity index (χ2n) is 3.14. The van der Waals surface area contributed by atoms with Gasteiger partial charge in [-0.05, 0) is 25.3 Å². The molecule has 0 aromatic carbocycles. The van der Waals surface area contributed by atoms with Crippen molar-refractivity contribution in [3.63, 3.8) is 0 Å². The van der Waals surface area contributed by atoms with E-state index in [1.165, 1.54) is 5.57 Å². The summed E-state index contributed by atoms with van der Waals surface area (Å²) in [5, 5.41) is 0. The van der Waals surface area contributed by atoms with E-state index in [1.807, 2.05) is 13.0 Å². The van der Waals surface area contributed by atoms with E-state index < -0.39 is 0 Å². The van der Waals surface area contributed by atoms with Gasteiger partial charge in [-0.2, -0.15) is 0 Å². The average molecular weight is 179 g/mol. The van der Waals surface area contributed by atoms with Gasteiger partial charge < -0.3 is 5.73 Å². The third-order valence-corrected chi connectivity index (χ3v) is 1.58. The van der Waals surface area contributed by atoms with Crippen LogP contribution in [0, 0.1) is 0 Å². The number of hydrogen-bond acceptors (Lipinski definition) is 1. The van der Waals surface area contributed by atoms with Crippen molar-refractivity contribution in [2.75, 3.05) is 0 Å². The highest BCUT2D eigenvalue weighted by Crippen LogP contribution is 2.02. The molecule has 0 heterocycles. The lowest BCUT2D eigenvalue weighted by Gasteiger charge is -1.96. The van der Waals surface area contributed by atoms with E-state index >= 15 is 0 Å². The summed E-state index contributed by atoms with van der Waals surface area (Å²) >= 11 is 0. The van der Waals surface area contributed by atoms with Gasteiger partial charge in [0.15, 0.2) is 0 Å². The molecule has 1 nitrogen and oxygen atoms in total. The molecule has 0 rings (SSSR count). The quantitative estimate of drug-likeness (QED) is 0.644. The molecule has 2 N–H and O–H groups in total. The Morgan fingerprint density at radius 2 is 1.92 bits per heavy atom. The van der Waals surface area contributed by atoms with Crippen LogP contribution in [0.2, 0.25) is 0 Å². The van der Waals surface area contributed by atoms with Crippen LogP contribution in [0.15, 0.2) is 36.0 Å². The smallest absolute Gasteiger partial charge is 0.0198 e. The maximum absolute atomic E-state index is 5.63. The fourth-order valence-electron chi connectivity index (χ4n) is 0.944. The summed E-state index contributed by atoms with van der Waals surface area (Å²) in [6.45, 7) is 6.25. The zero-order valence-electron chi connectivity index (χ0n) is 8.96. The van der Waals surface area contributed by atoms with Crippen molar-refractivity contribution in [2.45, 2.75) is 39.7 Å². The molecule has 0 fully saturated rings. The van der Waals surface area contributed by atoms with Crippen LogP contribution in [0.4, 0.5) is 0 Å². The lowest BCUT2D eigenvalue weighted by atomic mass is 10.1. The largest absolute Gasteiger partial charge is 0.325 e. The van der Waals surface area contributed by atoms with E-state index in [0.29, 0.717) is 0 Å². The highest BCUT2D eigenvalue weighted by atomic mass is 14.6. The zero-order chi connectivity index (χ0) is 10.1. The highest BCUT2D eigenvalue weighted by Gasteiger charge is 1.86. The Morgan fingerprint density at radius 3 is 2.38 bits per heavy atom. The van der Waals surface area contributed by atoms with E-state index in [1.54, 1.807) is 0 Å². The van der Waals surface area contributed by atoms with E-state index in [2.05, 4.69) is 38.2 Å². The minimum absolute atomic E-state index is 0.135. The van der Waals surface area contributed by atoms with Crippen molar-refractivity contribution in [1.29, 1.82) is 0 Å². The van der Waals surface area contributed by atoms with Gasteiger partial charge in [0, 0.05) is 6.04 Å². The van der Waals surface area contributed by atoms with Crippen molar-refractivity contribution in [3.05, 3.63) is 36.0 Å². The maximum Gasteiger partial charge on any atom is 0.0198 e. The molecule has 0 aromatic heterocycles. The van der Waals surface area contributed by atoms with Gasteiger partial charge in [-0.25, -0.2) is 0 Å². The molecule has 0 aliphatic rings. The molecule has 74 valence electrons. The summed E-state index contributed by atoms with van der Waals surface area (Å²) in [6.07, 6.45) is 12.7. The molecular weight excluding hydrogens is 158 g/mol. The first-order valence-corrected chi connectivity index (χ1v) is 5.01. The van der Waals surface area contributed by atoms with Crippen LogP contribution in [0.25, 0.3) is 0 Å². The number of hydrogen-bond donors (Lipinski definition) is 1. The predicted octanol–water partition coefficient (Wildman–Crippen LogP) is 3.19. The normalized spacial score (nSPS) is 15.8. The van der Waals surface area contributed by atoms with Gasteiger partial charge >= 0.3 is 0 Å². The summed E-state index contributed by atoms with van der Waals surface area (Å²) < 4.78 is 0. The van der Waals surface area contributed by atoms with Gasteiger partial charge in [-0.15, -0.1) is 0 Å². The Morgan fingerprint density at radius 1 is 1.23 bits per heavy atom. The van der Waals surface area contributed by atoms with E-state index in [-0.39, 0.29) is 6.04 Å². The molecular formula is C12H21N. The molecule has 1 atom stereocenters. The average Bonchev–Trinajstić information content (AvgIpc) is 2.09. The molecule has 0 aromatic rings. The first-order chi connectivity index (χ1) is 6.20. The lowest BCUT2D eigenvalue weighted by Crippen LogP contribution is -2.10. The van der Waals surface area contributed by atoms with Crippen molar-refractivity contribution in [2.24, 2.45) is 5.73 Å². The minimum Gasteiger partial charge on any atom is -0.325 e. The maximum atomic E-state index is 5.63. The van der Waals surface area contributed by atoms with Crippen LogP contribution in [0.5, 0.6) is 0 Å². The third kappa shape index (κ3) is 7.54. The molecule has 0 amide bonds. The van der Waals surface area contributed by atoms with Gasteiger partial charge in [0.25, 0.3) is 0 Å². The summed E-state index contributed by atoms with van der Waals surface area (Å²) in [5.41, 5.74) is 6.88. The van der Waals surface area contributed by atoms with Crippen LogP contribution < -0.4 is 5.73 Å². The van der Waals surface area contributed by atoms with Crippen LogP contribution in [0.1, 0.15) is 33.6 Å². The summed E-state index contributed by atoms with van der Waals surface area (Å²) in [5.74, 6) is 0. The molecule has 0 aliphatic carbocycles. The van der Waals surface area contributed by atoms with E-state index in [9.17, 15) is 0 Å². The molecule has 0 spiro atoms. The minimum atomic E-state index is 0.135. The van der Waals surface area contributed by atoms with Crippen LogP contribution in [-0.2, 0) is 0 Å². The van der Waals surface area contributed by atoms with Crippen LogP contribution in [0.3, 0.4) is 0 Å². The van der Waals surface area contributed by atoms with Crippen LogP contribution >= 0.6 is 0 Å². The molecule has 1 heteroatoms. The Kier molecular flexibility index (Phi) is 7.32. The lowest BCUT2D eigenvalue weighted by molar-refractivity contribution is 0.925. The zero-order valence-corrected chi connectivity index (χ0v) is 8.96. The number of nitrogens with two attached hydrogens (primary N) is 1. The third-order valence-electron chi connectivity index (χ3n) is 1.58. The van der Waals surface area contributed by atoms with Crippen molar-refractivity contribution in [1.82, 2.24) is 0 Å². The van der Waals surface area contributed by atoms with Crippen molar-refractivity contribution >= 4 is 0 Å². The Bertz CT molecular complexity index is 197. The molecule has 1 unspecified atom stereocenters. The summed E-state index contributed by atoms with van der Waals surface area (Å²) in [6, 6.07) is 0.135. The first-order valence-electron chi connectivity index (χ1n) is 5.01. The van der Waals surface area contributed by atoms with Gasteiger partial charge in [0.05, 0.1) is 0 Å². The first kappa shape index (κ1) is 12.2. The molecule has 13 heavy (non-hydrogen) atoms. The topological polar surface area (TPSA) is 26.0 Å². The van der Waals surface area contributed by atoms with Gasteiger partial charge in [-0.3, -0.25) is 0 Å². The fraction of sp³-hybridized carbons (Fsp3) is 0.500. The van der Waals surface area contributed by atoms with Gasteiger partial charge in [-0.1, -0.05) is 44.2 Å². The molecule has 0 saturated carbocycles. The Balaban J connectivity index is 4.27. The van der Waals surface area contributed by atoms with Crippen LogP contribution in [-0.4, -0.2) is 6.04 Å². The highest BCUT2D eigenvalue weighted by molar-refractivity contribution is 5.30. The molecule has 0 aliphatic heterocycles. The molecule has 0 bridgehead atoms. The second-order valence-corrected chi connectivity index (χ2v) is 3.14. The Labute approximate surface area is 82.0 Å². The number of rotatable bonds is 5. The predicted molar refractivity (Wildman–Crippen MR) is 60.6 cm³/mol. The molecule has 0 saturated heterocycles. The van der Waals surface area contributed by atoms with Crippen molar-refractivity contribution < 1.29 is 0 Å². The monoisotopic (exact) mass is 179 g/mol. The SMILES string of the molecule is CC\C=C/C(/C=C/C(C)N)=C\CC. The number of allylic oxidation sites excluding steroid dienone is 5. The molecule has 0 radical (unpaired) electrons. The van der Waals surface area contributed by atoms with Gasteiger partial charge in [0.2, 0.25) is 0 Å². The summed E-state index contributed by atoms with van der Waals surface area (Å²) in [7, 11) is 0.